The van der Waals surface area contributed by atoms with E-state index in [4.69, 9.17) is 10.5 Å². The van der Waals surface area contributed by atoms with Crippen LogP contribution in [0.1, 0.15) is 270 Å². The van der Waals surface area contributed by atoms with E-state index in [0.29, 0.717) is 0 Å². The maximum Gasteiger partial charge on any atom is 0.123 e. The topological polar surface area (TPSA) is 128 Å². The van der Waals surface area contributed by atoms with Gasteiger partial charge in [-0.3, -0.25) is 0 Å². The number of phenols is 4. The van der Waals surface area contributed by atoms with E-state index in [0.717, 1.165) is 77.9 Å². The van der Waals surface area contributed by atoms with Gasteiger partial charge in [-0.2, -0.15) is 10.5 Å². The lowest BCUT2D eigenvalue weighted by atomic mass is 9.71. The van der Waals surface area contributed by atoms with Gasteiger partial charge in [0.15, 0.2) is 0 Å². The zero-order valence-electron chi connectivity index (χ0n) is 50.8. The molecule has 6 nitrogen and oxygen atoms in total. The second-order valence-electron chi connectivity index (χ2n) is 28.8. The summed E-state index contributed by atoms with van der Waals surface area (Å²) in [7, 11) is 0. The lowest BCUT2D eigenvalue weighted by Gasteiger charge is -2.34. The van der Waals surface area contributed by atoms with E-state index in [1.54, 1.807) is 12.1 Å². The smallest absolute Gasteiger partial charge is 0.123 e. The lowest BCUT2D eigenvalue weighted by Crippen LogP contribution is -2.21. The summed E-state index contributed by atoms with van der Waals surface area (Å²) < 4.78 is 0. The van der Waals surface area contributed by atoms with Crippen LogP contribution in [0.2, 0.25) is 0 Å². The Labute approximate surface area is 450 Å². The highest BCUT2D eigenvalue weighted by Gasteiger charge is 2.37. The molecule has 402 valence electrons. The SMILES string of the molecule is CC#N.CC#N.CC(C)(C)c1cc(C(c2cccc(C(c3cc(C(C)(C)C)cc(C(C)(C)C)c3O)c3cc(C(C)(C)C)cc(C(C)(C)C)c3O)c2)c2cc(C(C)(C)C)cc(C(C)(C)C)c2O)c(O)c(C(C)(C)C)c1. The predicted molar refractivity (Wildman–Crippen MR) is 313 cm³/mol. The Balaban J connectivity index is 0.00000229. The van der Waals surface area contributed by atoms with Crippen LogP contribution in [0.4, 0.5) is 0 Å². The summed E-state index contributed by atoms with van der Waals surface area (Å²) >= 11 is 0. The molecule has 6 heteroatoms. The molecule has 0 spiro atoms. The second kappa shape index (κ2) is 21.9. The van der Waals surface area contributed by atoms with Gasteiger partial charge in [-0.25, -0.2) is 0 Å². The van der Waals surface area contributed by atoms with Gasteiger partial charge in [-0.05, 0) is 99.0 Å². The van der Waals surface area contributed by atoms with Crippen molar-refractivity contribution in [2.75, 3.05) is 0 Å². The number of rotatable bonds is 6. The van der Waals surface area contributed by atoms with E-state index >= 15 is 0 Å². The van der Waals surface area contributed by atoms with Crippen LogP contribution >= 0.6 is 0 Å². The van der Waals surface area contributed by atoms with E-state index in [-0.39, 0.29) is 44.7 Å². The fourth-order valence-corrected chi connectivity index (χ4v) is 9.50. The molecular formula is C68H96N2O4. The number of benzene rings is 5. The third-order valence-corrected chi connectivity index (χ3v) is 14.1. The summed E-state index contributed by atoms with van der Waals surface area (Å²) in [6.45, 7) is 55.0. The summed E-state index contributed by atoms with van der Waals surface area (Å²) in [5.74, 6) is -0.391. The normalized spacial score (nSPS) is 12.9. The first-order valence-corrected chi connectivity index (χ1v) is 26.5. The highest BCUT2D eigenvalue weighted by atomic mass is 16.3. The summed E-state index contributed by atoms with van der Waals surface area (Å²) in [5, 5.41) is 66.0. The Kier molecular flexibility index (Phi) is 18.5. The van der Waals surface area contributed by atoms with Crippen molar-refractivity contribution in [3.63, 3.8) is 0 Å². The molecular weight excluding hydrogens is 909 g/mol. The quantitative estimate of drug-likeness (QED) is 0.125. The van der Waals surface area contributed by atoms with Crippen molar-refractivity contribution < 1.29 is 20.4 Å². The molecule has 74 heavy (non-hydrogen) atoms. The second-order valence-corrected chi connectivity index (χ2v) is 28.8. The lowest BCUT2D eigenvalue weighted by molar-refractivity contribution is 0.428. The molecule has 0 saturated heterocycles. The summed E-state index contributed by atoms with van der Waals surface area (Å²) in [6, 6.07) is 29.2. The van der Waals surface area contributed by atoms with Gasteiger partial charge in [-0.15, -0.1) is 0 Å². The zero-order valence-corrected chi connectivity index (χ0v) is 50.8. The van der Waals surface area contributed by atoms with E-state index in [9.17, 15) is 20.4 Å². The molecule has 0 aliphatic heterocycles. The van der Waals surface area contributed by atoms with Crippen LogP contribution in [-0.2, 0) is 43.3 Å². The molecule has 0 aliphatic carbocycles. The minimum Gasteiger partial charge on any atom is -0.507 e. The standard InChI is InChI=1S/C64H90O4.2C2H3N/c1-57(2,3)39-29-43(53(65)47(33-39)61(13,14)15)51(44-30-40(58(4,5)6)34-48(54(44)66)62(16,17)18)37-26-25-27-38(28-37)52(45-31-41(59(7,8)9)35-49(55(45)67)63(19,20)21)46-32-42(60(10,11)12)36-50(56(46)68)64(22,23)24;2*1-2-3/h25-36,51-52,65-68H,1-24H3;2*1H3. The maximum atomic E-state index is 12.8. The number of hydrogen-bond donors (Lipinski definition) is 4. The Morgan fingerprint density at radius 3 is 0.635 bits per heavy atom. The fourth-order valence-electron chi connectivity index (χ4n) is 9.50. The molecule has 5 aromatic rings. The summed E-state index contributed by atoms with van der Waals surface area (Å²) in [6.07, 6.45) is 0. The van der Waals surface area contributed by atoms with Crippen molar-refractivity contribution >= 4 is 0 Å². The van der Waals surface area contributed by atoms with Gasteiger partial charge in [0.25, 0.3) is 0 Å². The van der Waals surface area contributed by atoms with Crippen molar-refractivity contribution in [2.24, 2.45) is 0 Å². The zero-order chi connectivity index (χ0) is 57.4. The van der Waals surface area contributed by atoms with Crippen molar-refractivity contribution in [1.29, 1.82) is 10.5 Å². The largest absolute Gasteiger partial charge is 0.507 e. The van der Waals surface area contributed by atoms with Crippen LogP contribution in [0.5, 0.6) is 23.0 Å². The van der Waals surface area contributed by atoms with Crippen molar-refractivity contribution in [2.45, 2.75) is 235 Å². The molecule has 0 bridgehead atoms. The van der Waals surface area contributed by atoms with Crippen LogP contribution in [0.25, 0.3) is 0 Å². The molecule has 4 N–H and O–H groups in total. The Morgan fingerprint density at radius 1 is 0.311 bits per heavy atom. The average Bonchev–Trinajstić information content (AvgIpc) is 3.20. The summed E-state index contributed by atoms with van der Waals surface area (Å²) in [4.78, 5) is 0. The third kappa shape index (κ3) is 14.4. The molecule has 0 heterocycles. The number of phenolic OH excluding ortho intramolecular Hbond substituents is 4. The Morgan fingerprint density at radius 2 is 0.486 bits per heavy atom. The van der Waals surface area contributed by atoms with Crippen molar-refractivity contribution in [3.05, 3.63) is 151 Å². The predicted octanol–water partition coefficient (Wildman–Crippen LogP) is 18.3. The van der Waals surface area contributed by atoms with Gasteiger partial charge in [0, 0.05) is 47.9 Å². The van der Waals surface area contributed by atoms with Crippen molar-refractivity contribution in [3.8, 4) is 35.1 Å². The van der Waals surface area contributed by atoms with Gasteiger partial charge in [0.2, 0.25) is 0 Å². The third-order valence-electron chi connectivity index (χ3n) is 14.1. The number of aromatic hydroxyl groups is 4. The fraction of sp³-hybridized carbons (Fsp3) is 0.529. The van der Waals surface area contributed by atoms with Gasteiger partial charge < -0.3 is 20.4 Å². The van der Waals surface area contributed by atoms with Gasteiger partial charge in [-0.1, -0.05) is 239 Å². The van der Waals surface area contributed by atoms with E-state index in [1.807, 2.05) is 0 Å². The van der Waals surface area contributed by atoms with Crippen LogP contribution in [0.15, 0.2) is 72.8 Å². The molecule has 0 saturated carbocycles. The molecule has 0 unspecified atom stereocenters. The van der Waals surface area contributed by atoms with E-state index in [1.165, 1.54) is 13.8 Å². The maximum absolute atomic E-state index is 12.8. The van der Waals surface area contributed by atoms with Crippen LogP contribution < -0.4 is 0 Å². The Hall–Kier alpha value is -5.72. The molecule has 0 fully saturated rings. The molecule has 0 radical (unpaired) electrons. The summed E-state index contributed by atoms with van der Waals surface area (Å²) in [5.41, 5.74) is 9.76. The average molecular weight is 1010 g/mol. The van der Waals surface area contributed by atoms with Gasteiger partial charge in [0.1, 0.15) is 23.0 Å². The molecule has 0 aromatic heterocycles. The molecule has 0 amide bonds. The van der Waals surface area contributed by atoms with Crippen LogP contribution in [0.3, 0.4) is 0 Å². The molecule has 5 rings (SSSR count). The highest BCUT2D eigenvalue weighted by molar-refractivity contribution is 5.64. The van der Waals surface area contributed by atoms with Crippen molar-refractivity contribution in [1.82, 2.24) is 0 Å². The highest BCUT2D eigenvalue weighted by Crippen LogP contribution is 2.53. The minimum absolute atomic E-state index is 0.214. The van der Waals surface area contributed by atoms with E-state index in [2.05, 4.69) is 239 Å². The van der Waals surface area contributed by atoms with Crippen LogP contribution in [0, 0.1) is 22.7 Å². The number of nitrogens with zero attached hydrogens (tertiary/aromatic N) is 2. The first-order valence-electron chi connectivity index (χ1n) is 26.5. The first kappa shape index (κ1) is 62.6. The van der Waals surface area contributed by atoms with Crippen LogP contribution in [-0.4, -0.2) is 20.4 Å². The number of hydrogen-bond acceptors (Lipinski definition) is 6. The van der Waals surface area contributed by atoms with Gasteiger partial charge >= 0.3 is 0 Å². The van der Waals surface area contributed by atoms with Gasteiger partial charge in [0.05, 0.1) is 12.1 Å². The molecule has 0 atom stereocenters. The monoisotopic (exact) mass is 1000 g/mol. The minimum atomic E-state index is -0.623. The van der Waals surface area contributed by atoms with E-state index < -0.39 is 33.5 Å². The molecule has 5 aromatic carbocycles. The molecule has 0 aliphatic rings. The first-order chi connectivity index (χ1) is 33.3. The number of nitriles is 2. The Bertz CT molecular complexity index is 2520.